The maximum absolute atomic E-state index is 12.9. The number of hydrogen-bond donors (Lipinski definition) is 4. The number of H-pyrrole nitrogens is 1. The summed E-state index contributed by atoms with van der Waals surface area (Å²) in [5.41, 5.74) is 4.56. The first-order valence-corrected chi connectivity index (χ1v) is 11.1. The summed E-state index contributed by atoms with van der Waals surface area (Å²) < 4.78 is 1.57. The zero-order valence-electron chi connectivity index (χ0n) is 18.5. The van der Waals surface area contributed by atoms with Crippen molar-refractivity contribution in [3.8, 4) is 5.69 Å². The molecule has 9 nitrogen and oxygen atoms in total. The molecule has 0 atom stereocenters. The number of urea groups is 1. The maximum Gasteiger partial charge on any atom is 0.323 e. The molecule has 0 aliphatic heterocycles. The maximum atomic E-state index is 12.9. The van der Waals surface area contributed by atoms with E-state index < -0.39 is 6.03 Å². The van der Waals surface area contributed by atoms with Gasteiger partial charge in [-0.25, -0.2) is 9.48 Å². The van der Waals surface area contributed by atoms with E-state index >= 15 is 0 Å². The minimum Gasteiger partial charge on any atom is -0.322 e. The summed E-state index contributed by atoms with van der Waals surface area (Å²) in [5, 5.41) is 21.1. The highest BCUT2D eigenvalue weighted by molar-refractivity contribution is 6.33. The smallest absolute Gasteiger partial charge is 0.322 e. The van der Waals surface area contributed by atoms with Gasteiger partial charge in [0.2, 0.25) is 0 Å². The Kier molecular flexibility index (Phi) is 5.90. The van der Waals surface area contributed by atoms with Gasteiger partial charge >= 0.3 is 6.03 Å². The van der Waals surface area contributed by atoms with E-state index in [9.17, 15) is 9.59 Å². The highest BCUT2D eigenvalue weighted by Crippen LogP contribution is 2.22. The first kappa shape index (κ1) is 22.2. The van der Waals surface area contributed by atoms with Gasteiger partial charge in [0.25, 0.3) is 5.91 Å². The lowest BCUT2D eigenvalue weighted by Gasteiger charge is -2.08. The Hall–Kier alpha value is -4.63. The van der Waals surface area contributed by atoms with Gasteiger partial charge in [0.1, 0.15) is 0 Å². The van der Waals surface area contributed by atoms with E-state index in [0.717, 1.165) is 16.6 Å². The predicted octanol–water partition coefficient (Wildman–Crippen LogP) is 5.61. The summed E-state index contributed by atoms with van der Waals surface area (Å²) in [7, 11) is 0. The number of halogens is 1. The van der Waals surface area contributed by atoms with Crippen molar-refractivity contribution in [2.45, 2.75) is 6.92 Å². The standard InChI is InChI=1S/C25H20ClN7O2/c1-15-20-12-17(9-10-22(20)32-31-15)28-24(34)16-5-4-6-19(11-16)33-14-18(13-27-33)29-25(35)30-23-8-3-2-7-21(23)26/h2-14H,1H3,(H,28,34)(H,31,32)(H2,29,30,35). The van der Waals surface area contributed by atoms with Gasteiger partial charge in [-0.1, -0.05) is 29.8 Å². The number of aromatic amines is 1. The number of benzene rings is 3. The molecule has 2 aromatic heterocycles. The molecule has 5 rings (SSSR count). The molecule has 0 aliphatic rings. The van der Waals surface area contributed by atoms with E-state index in [-0.39, 0.29) is 5.91 Å². The van der Waals surface area contributed by atoms with Crippen LogP contribution in [-0.4, -0.2) is 31.9 Å². The largest absolute Gasteiger partial charge is 0.323 e. The molecule has 0 saturated heterocycles. The van der Waals surface area contributed by atoms with Crippen LogP contribution in [0.3, 0.4) is 0 Å². The number of nitrogens with one attached hydrogen (secondary N) is 4. The van der Waals surface area contributed by atoms with Gasteiger partial charge < -0.3 is 16.0 Å². The number of hydrogen-bond acceptors (Lipinski definition) is 4. The van der Waals surface area contributed by atoms with Crippen molar-refractivity contribution in [1.29, 1.82) is 0 Å². The zero-order valence-corrected chi connectivity index (χ0v) is 19.3. The highest BCUT2D eigenvalue weighted by atomic mass is 35.5. The van der Waals surface area contributed by atoms with Crippen LogP contribution in [0.5, 0.6) is 0 Å². The van der Waals surface area contributed by atoms with Gasteiger partial charge in [-0.05, 0) is 55.5 Å². The fourth-order valence-corrected chi connectivity index (χ4v) is 3.77. The fourth-order valence-electron chi connectivity index (χ4n) is 3.58. The molecule has 0 bridgehead atoms. The summed E-state index contributed by atoms with van der Waals surface area (Å²) in [5.74, 6) is -0.253. The van der Waals surface area contributed by atoms with Crippen LogP contribution < -0.4 is 16.0 Å². The number of carbonyl (C=O) groups excluding carboxylic acids is 2. The van der Waals surface area contributed by atoms with Gasteiger partial charge in [0, 0.05) is 22.3 Å². The average molecular weight is 486 g/mol. The normalized spacial score (nSPS) is 10.8. The van der Waals surface area contributed by atoms with Crippen LogP contribution in [0, 0.1) is 6.92 Å². The summed E-state index contributed by atoms with van der Waals surface area (Å²) in [4.78, 5) is 25.2. The lowest BCUT2D eigenvalue weighted by atomic mass is 10.1. The van der Waals surface area contributed by atoms with Crippen molar-refractivity contribution < 1.29 is 9.59 Å². The second-order valence-electron chi connectivity index (χ2n) is 7.82. The van der Waals surface area contributed by atoms with Gasteiger partial charge in [-0.3, -0.25) is 9.89 Å². The van der Waals surface area contributed by atoms with Crippen LogP contribution in [0.1, 0.15) is 16.1 Å². The molecule has 0 spiro atoms. The Morgan fingerprint density at radius 2 is 1.80 bits per heavy atom. The van der Waals surface area contributed by atoms with Gasteiger partial charge in [-0.2, -0.15) is 10.2 Å². The Bertz CT molecular complexity index is 1560. The quantitative estimate of drug-likeness (QED) is 0.259. The Morgan fingerprint density at radius 3 is 2.66 bits per heavy atom. The van der Waals surface area contributed by atoms with Crippen LogP contribution in [0.15, 0.2) is 79.1 Å². The molecule has 0 saturated carbocycles. The van der Waals surface area contributed by atoms with Crippen LogP contribution in [0.25, 0.3) is 16.6 Å². The molecule has 0 radical (unpaired) electrons. The molecular weight excluding hydrogens is 466 g/mol. The lowest BCUT2D eigenvalue weighted by molar-refractivity contribution is 0.102. The number of fused-ring (bicyclic) bond motifs is 1. The Balaban J connectivity index is 1.28. The van der Waals surface area contributed by atoms with Gasteiger partial charge in [-0.15, -0.1) is 0 Å². The fraction of sp³-hybridized carbons (Fsp3) is 0.0400. The minimum absolute atomic E-state index is 0.253. The number of carbonyl (C=O) groups is 2. The third kappa shape index (κ3) is 4.85. The van der Waals surface area contributed by atoms with Crippen LogP contribution in [-0.2, 0) is 0 Å². The number of amides is 3. The molecule has 10 heteroatoms. The van der Waals surface area contributed by atoms with Crippen molar-refractivity contribution in [3.63, 3.8) is 0 Å². The molecule has 35 heavy (non-hydrogen) atoms. The van der Waals surface area contributed by atoms with E-state index in [1.807, 2.05) is 31.2 Å². The predicted molar refractivity (Wildman–Crippen MR) is 136 cm³/mol. The van der Waals surface area contributed by atoms with Crippen molar-refractivity contribution in [2.75, 3.05) is 16.0 Å². The van der Waals surface area contributed by atoms with Crippen molar-refractivity contribution in [1.82, 2.24) is 20.0 Å². The first-order valence-electron chi connectivity index (χ1n) is 10.7. The zero-order chi connectivity index (χ0) is 24.4. The van der Waals surface area contributed by atoms with Crippen molar-refractivity contribution in [2.24, 2.45) is 0 Å². The molecule has 3 amide bonds. The second-order valence-corrected chi connectivity index (χ2v) is 8.22. The summed E-state index contributed by atoms with van der Waals surface area (Å²) in [6.07, 6.45) is 3.17. The van der Waals surface area contributed by atoms with E-state index in [1.165, 1.54) is 6.20 Å². The highest BCUT2D eigenvalue weighted by Gasteiger charge is 2.11. The van der Waals surface area contributed by atoms with Crippen LogP contribution in [0.4, 0.5) is 21.9 Å². The van der Waals surface area contributed by atoms with Crippen LogP contribution in [0.2, 0.25) is 5.02 Å². The number of rotatable bonds is 5. The molecular formula is C25H20ClN7O2. The molecule has 4 N–H and O–H groups in total. The summed E-state index contributed by atoms with van der Waals surface area (Å²) in [6.45, 7) is 1.93. The monoisotopic (exact) mass is 485 g/mol. The number of anilines is 3. The second kappa shape index (κ2) is 9.32. The molecule has 5 aromatic rings. The third-order valence-electron chi connectivity index (χ3n) is 5.34. The van der Waals surface area contributed by atoms with E-state index in [2.05, 4.69) is 31.2 Å². The molecule has 2 heterocycles. The molecule has 0 fully saturated rings. The number of aryl methyl sites for hydroxylation is 1. The minimum atomic E-state index is -0.449. The SMILES string of the molecule is Cc1[nH]nc2ccc(NC(=O)c3cccc(-n4cc(NC(=O)Nc5ccccc5Cl)cn4)c3)cc12. The topological polar surface area (TPSA) is 117 Å². The van der Waals surface area contributed by atoms with Gasteiger partial charge in [0.05, 0.1) is 40.0 Å². The molecule has 3 aromatic carbocycles. The molecule has 0 aliphatic carbocycles. The van der Waals surface area contributed by atoms with E-state index in [0.29, 0.717) is 33.3 Å². The Labute approximate surface area is 205 Å². The van der Waals surface area contributed by atoms with Gasteiger partial charge in [0.15, 0.2) is 0 Å². The van der Waals surface area contributed by atoms with Crippen LogP contribution >= 0.6 is 11.6 Å². The van der Waals surface area contributed by atoms with Crippen molar-refractivity contribution >= 4 is 51.5 Å². The molecule has 0 unspecified atom stereocenters. The average Bonchev–Trinajstić information content (AvgIpc) is 3.47. The Morgan fingerprint density at radius 1 is 0.943 bits per heavy atom. The lowest BCUT2D eigenvalue weighted by Crippen LogP contribution is -2.19. The molecule has 174 valence electrons. The summed E-state index contributed by atoms with van der Waals surface area (Å²) >= 11 is 6.08. The third-order valence-corrected chi connectivity index (χ3v) is 5.67. The van der Waals surface area contributed by atoms with E-state index in [4.69, 9.17) is 11.6 Å². The van der Waals surface area contributed by atoms with Crippen molar-refractivity contribution in [3.05, 3.63) is 95.4 Å². The first-order chi connectivity index (χ1) is 17.0. The number of nitrogens with zero attached hydrogens (tertiary/aromatic N) is 3. The summed E-state index contributed by atoms with van der Waals surface area (Å²) in [6, 6.07) is 19.1. The van der Waals surface area contributed by atoms with E-state index in [1.54, 1.807) is 53.3 Å². The number of para-hydroxylation sites is 1. The number of aromatic nitrogens is 4.